The Hall–Kier alpha value is -0.823. The van der Waals surface area contributed by atoms with Gasteiger partial charge in [0.05, 0.1) is 9.52 Å². The van der Waals surface area contributed by atoms with Crippen LogP contribution < -0.4 is 5.19 Å². The quantitative estimate of drug-likeness (QED) is 0.379. The summed E-state index contributed by atoms with van der Waals surface area (Å²) >= 11 is 0. The van der Waals surface area contributed by atoms with Crippen molar-refractivity contribution in [1.29, 1.82) is 0 Å². The minimum Gasteiger partial charge on any atom is -0.0996 e. The number of rotatable bonds is 7. The van der Waals surface area contributed by atoms with Crippen LogP contribution in [0.4, 0.5) is 0 Å². The second-order valence-corrected chi connectivity index (χ2v) is 5.99. The van der Waals surface area contributed by atoms with Crippen molar-refractivity contribution < 1.29 is 0 Å². The van der Waals surface area contributed by atoms with Crippen molar-refractivity contribution in [3.8, 4) is 0 Å². The predicted octanol–water partition coefficient (Wildman–Crippen LogP) is 3.82. The van der Waals surface area contributed by atoms with Gasteiger partial charge in [0.15, 0.2) is 0 Å². The standard InChI is InChI=1S/C15H22Si/c1-13(2)14(3)9-7-8-12-16-15-10-5-4-6-11-15/h4-6,10-11,13H,3,7-9,12H2,1-2H3. The Balaban J connectivity index is 2.07. The summed E-state index contributed by atoms with van der Waals surface area (Å²) < 4.78 is 0. The van der Waals surface area contributed by atoms with Crippen molar-refractivity contribution in [2.45, 2.75) is 39.2 Å². The van der Waals surface area contributed by atoms with Crippen molar-refractivity contribution in [3.05, 3.63) is 42.5 Å². The Morgan fingerprint density at radius 1 is 1.19 bits per heavy atom. The fourth-order valence-electron chi connectivity index (χ4n) is 1.55. The van der Waals surface area contributed by atoms with Gasteiger partial charge in [-0.3, -0.25) is 0 Å². The second kappa shape index (κ2) is 7.45. The molecule has 0 saturated carbocycles. The Kier molecular flexibility index (Phi) is 6.17. The van der Waals surface area contributed by atoms with Gasteiger partial charge < -0.3 is 0 Å². The zero-order valence-electron chi connectivity index (χ0n) is 10.5. The predicted molar refractivity (Wildman–Crippen MR) is 74.5 cm³/mol. The van der Waals surface area contributed by atoms with E-state index in [1.165, 1.54) is 36.1 Å². The van der Waals surface area contributed by atoms with Gasteiger partial charge in [-0.2, -0.15) is 0 Å². The average molecular weight is 230 g/mol. The molecule has 0 saturated heterocycles. The van der Waals surface area contributed by atoms with Crippen molar-refractivity contribution in [3.63, 3.8) is 0 Å². The fraction of sp³-hybridized carbons (Fsp3) is 0.467. The first-order chi connectivity index (χ1) is 7.70. The summed E-state index contributed by atoms with van der Waals surface area (Å²) in [5.41, 5.74) is 1.41. The molecule has 0 fully saturated rings. The Bertz CT molecular complexity index is 300. The maximum atomic E-state index is 4.11. The molecule has 0 amide bonds. The summed E-state index contributed by atoms with van der Waals surface area (Å²) in [6.07, 6.45) is 3.84. The molecule has 1 rings (SSSR count). The molecule has 1 heteroatoms. The molecule has 1 aromatic rings. The van der Waals surface area contributed by atoms with Crippen molar-refractivity contribution in [1.82, 2.24) is 0 Å². The van der Waals surface area contributed by atoms with Gasteiger partial charge in [-0.25, -0.2) is 0 Å². The SMILES string of the molecule is C=C(CCCC[Si]c1ccccc1)C(C)C. The Morgan fingerprint density at radius 2 is 1.88 bits per heavy atom. The van der Waals surface area contributed by atoms with E-state index in [0.29, 0.717) is 5.92 Å². The molecule has 1 aromatic carbocycles. The smallest absolute Gasteiger partial charge is 0.0807 e. The lowest BCUT2D eigenvalue weighted by molar-refractivity contribution is 0.677. The molecular weight excluding hydrogens is 208 g/mol. The minimum atomic E-state index is 0.650. The number of benzene rings is 1. The molecule has 16 heavy (non-hydrogen) atoms. The van der Waals surface area contributed by atoms with Crippen LogP contribution in [0.15, 0.2) is 42.5 Å². The lowest BCUT2D eigenvalue weighted by Gasteiger charge is -2.08. The van der Waals surface area contributed by atoms with Gasteiger partial charge in [0, 0.05) is 0 Å². The first-order valence-corrected chi connectivity index (χ1v) is 7.37. The van der Waals surface area contributed by atoms with E-state index >= 15 is 0 Å². The van der Waals surface area contributed by atoms with Gasteiger partial charge >= 0.3 is 0 Å². The first-order valence-electron chi connectivity index (χ1n) is 6.16. The monoisotopic (exact) mass is 230 g/mol. The van der Waals surface area contributed by atoms with Crippen LogP contribution in [-0.2, 0) is 0 Å². The Morgan fingerprint density at radius 3 is 2.50 bits per heavy atom. The average Bonchev–Trinajstić information content (AvgIpc) is 2.29. The van der Waals surface area contributed by atoms with Crippen LogP contribution in [0.25, 0.3) is 0 Å². The zero-order valence-corrected chi connectivity index (χ0v) is 11.5. The molecule has 2 radical (unpaired) electrons. The third-order valence-corrected chi connectivity index (χ3v) is 4.19. The largest absolute Gasteiger partial charge is 0.0996 e. The molecule has 0 bridgehead atoms. The van der Waals surface area contributed by atoms with Crippen molar-refractivity contribution in [2.75, 3.05) is 0 Å². The highest BCUT2D eigenvalue weighted by atomic mass is 28.2. The van der Waals surface area contributed by atoms with E-state index in [-0.39, 0.29) is 0 Å². The molecule has 0 aliphatic carbocycles. The summed E-state index contributed by atoms with van der Waals surface area (Å²) in [6.45, 7) is 8.57. The van der Waals surface area contributed by atoms with Crippen LogP contribution in [0.5, 0.6) is 0 Å². The number of unbranched alkanes of at least 4 members (excludes halogenated alkanes) is 1. The van der Waals surface area contributed by atoms with Crippen LogP contribution in [0.1, 0.15) is 33.1 Å². The fourth-order valence-corrected chi connectivity index (χ4v) is 2.70. The van der Waals surface area contributed by atoms with Gasteiger partial charge in [0.1, 0.15) is 0 Å². The highest BCUT2D eigenvalue weighted by Crippen LogP contribution is 2.15. The number of hydrogen-bond donors (Lipinski definition) is 0. The third kappa shape index (κ3) is 5.31. The van der Waals surface area contributed by atoms with E-state index in [2.05, 4.69) is 50.8 Å². The lowest BCUT2D eigenvalue weighted by Crippen LogP contribution is -2.12. The van der Waals surface area contributed by atoms with Crippen molar-refractivity contribution in [2.24, 2.45) is 5.92 Å². The van der Waals surface area contributed by atoms with E-state index in [9.17, 15) is 0 Å². The summed E-state index contributed by atoms with van der Waals surface area (Å²) in [5, 5.41) is 1.49. The van der Waals surface area contributed by atoms with E-state index < -0.39 is 0 Å². The van der Waals surface area contributed by atoms with Gasteiger partial charge in [0.25, 0.3) is 0 Å². The second-order valence-electron chi connectivity index (χ2n) is 4.56. The maximum Gasteiger partial charge on any atom is 0.0807 e. The molecule has 0 atom stereocenters. The molecule has 0 aliphatic rings. The molecule has 0 spiro atoms. The molecule has 0 aromatic heterocycles. The lowest BCUT2D eigenvalue weighted by atomic mass is 10.00. The molecule has 86 valence electrons. The molecular formula is C15H22Si. The van der Waals surface area contributed by atoms with Crippen LogP contribution >= 0.6 is 0 Å². The molecule has 0 aliphatic heterocycles. The Labute approximate surface area is 103 Å². The van der Waals surface area contributed by atoms with E-state index in [0.717, 1.165) is 9.52 Å². The zero-order chi connectivity index (χ0) is 11.8. The number of hydrogen-bond acceptors (Lipinski definition) is 0. The van der Waals surface area contributed by atoms with E-state index in [1.807, 2.05) is 0 Å². The van der Waals surface area contributed by atoms with E-state index in [1.54, 1.807) is 0 Å². The first kappa shape index (κ1) is 13.2. The summed E-state index contributed by atoms with van der Waals surface area (Å²) in [7, 11) is 0.973. The van der Waals surface area contributed by atoms with Gasteiger partial charge in [-0.05, 0) is 18.8 Å². The summed E-state index contributed by atoms with van der Waals surface area (Å²) in [4.78, 5) is 0. The van der Waals surface area contributed by atoms with Gasteiger partial charge in [-0.1, -0.05) is 74.0 Å². The molecule has 0 nitrogen and oxygen atoms in total. The third-order valence-electron chi connectivity index (χ3n) is 2.84. The molecule has 0 unspecified atom stereocenters. The highest BCUT2D eigenvalue weighted by Gasteiger charge is 2.00. The molecule has 0 N–H and O–H groups in total. The minimum absolute atomic E-state index is 0.650. The maximum absolute atomic E-state index is 4.11. The van der Waals surface area contributed by atoms with Crippen molar-refractivity contribution >= 4 is 14.7 Å². The van der Waals surface area contributed by atoms with Crippen LogP contribution in [0, 0.1) is 5.92 Å². The summed E-state index contributed by atoms with van der Waals surface area (Å²) in [6, 6.07) is 12.1. The normalized spacial score (nSPS) is 10.7. The van der Waals surface area contributed by atoms with Gasteiger partial charge in [-0.15, -0.1) is 0 Å². The van der Waals surface area contributed by atoms with Crippen LogP contribution in [0.3, 0.4) is 0 Å². The summed E-state index contributed by atoms with van der Waals surface area (Å²) in [5.74, 6) is 0.650. The molecule has 0 heterocycles. The highest BCUT2D eigenvalue weighted by molar-refractivity contribution is 6.53. The van der Waals surface area contributed by atoms with Crippen LogP contribution in [0.2, 0.25) is 6.04 Å². The number of allylic oxidation sites excluding steroid dienone is 1. The topological polar surface area (TPSA) is 0 Å². The van der Waals surface area contributed by atoms with Crippen LogP contribution in [-0.4, -0.2) is 9.52 Å². The van der Waals surface area contributed by atoms with Gasteiger partial charge in [0.2, 0.25) is 0 Å². The van der Waals surface area contributed by atoms with E-state index in [4.69, 9.17) is 0 Å².